The molecule has 2 aromatic heterocycles. The van der Waals surface area contributed by atoms with Crippen molar-refractivity contribution in [1.82, 2.24) is 19.7 Å². The molecule has 0 spiro atoms. The Morgan fingerprint density at radius 2 is 1.81 bits per heavy atom. The van der Waals surface area contributed by atoms with Gasteiger partial charge in [-0.25, -0.2) is 9.97 Å². The summed E-state index contributed by atoms with van der Waals surface area (Å²) in [7, 11) is 1.61. The Morgan fingerprint density at radius 3 is 2.56 bits per heavy atom. The molecule has 4 rings (SSSR count). The molecule has 0 atom stereocenters. The second-order valence-electron chi connectivity index (χ2n) is 5.93. The topological polar surface area (TPSA) is 78.9 Å². The highest BCUT2D eigenvalue weighted by atomic mass is 35.5. The van der Waals surface area contributed by atoms with E-state index in [4.69, 9.17) is 33.7 Å². The number of anilines is 1. The van der Waals surface area contributed by atoms with E-state index >= 15 is 0 Å². The maximum Gasteiger partial charge on any atom is 0.186 e. The van der Waals surface area contributed by atoms with E-state index in [2.05, 4.69) is 15.1 Å². The fourth-order valence-corrected chi connectivity index (χ4v) is 3.31. The summed E-state index contributed by atoms with van der Waals surface area (Å²) in [5, 5.41) is 6.35. The Hall–Kier alpha value is -2.83. The SMILES string of the molecule is COc1cccc(-c2nc(N)c3cn(Cc4c(Cl)cccc4Cl)nc3n2)c1. The number of fused-ring (bicyclic) bond motifs is 1. The van der Waals surface area contributed by atoms with Crippen molar-refractivity contribution in [1.29, 1.82) is 0 Å². The highest BCUT2D eigenvalue weighted by Gasteiger charge is 2.13. The molecule has 0 fully saturated rings. The zero-order valence-corrected chi connectivity index (χ0v) is 15.9. The lowest BCUT2D eigenvalue weighted by molar-refractivity contribution is 0.415. The molecule has 136 valence electrons. The van der Waals surface area contributed by atoms with Crippen LogP contribution >= 0.6 is 23.2 Å². The molecule has 0 bridgehead atoms. The summed E-state index contributed by atoms with van der Waals surface area (Å²) in [6, 6.07) is 12.9. The highest BCUT2D eigenvalue weighted by Crippen LogP contribution is 2.27. The molecule has 6 nitrogen and oxygen atoms in total. The summed E-state index contributed by atoms with van der Waals surface area (Å²) in [4.78, 5) is 8.95. The minimum absolute atomic E-state index is 0.356. The summed E-state index contributed by atoms with van der Waals surface area (Å²) in [5.74, 6) is 1.56. The van der Waals surface area contributed by atoms with E-state index in [1.807, 2.05) is 24.3 Å². The molecule has 2 heterocycles. The van der Waals surface area contributed by atoms with Gasteiger partial charge >= 0.3 is 0 Å². The van der Waals surface area contributed by atoms with Gasteiger partial charge in [0.1, 0.15) is 11.6 Å². The van der Waals surface area contributed by atoms with Crippen molar-refractivity contribution in [3.05, 3.63) is 64.3 Å². The first-order valence-corrected chi connectivity index (χ1v) is 8.89. The minimum Gasteiger partial charge on any atom is -0.497 e. The molecule has 0 saturated heterocycles. The predicted octanol–water partition coefficient (Wildman–Crippen LogP) is 4.44. The maximum atomic E-state index is 6.25. The molecule has 8 heteroatoms. The summed E-state index contributed by atoms with van der Waals surface area (Å²) in [5.41, 5.74) is 8.23. The number of ether oxygens (including phenoxy) is 1. The second kappa shape index (κ2) is 7.06. The van der Waals surface area contributed by atoms with Gasteiger partial charge in [0, 0.05) is 27.4 Å². The molecule has 0 amide bonds. The predicted molar refractivity (Wildman–Crippen MR) is 107 cm³/mol. The van der Waals surface area contributed by atoms with Gasteiger partial charge < -0.3 is 10.5 Å². The van der Waals surface area contributed by atoms with Crippen LogP contribution in [0.5, 0.6) is 5.75 Å². The Morgan fingerprint density at radius 1 is 1.07 bits per heavy atom. The number of halogens is 2. The molecule has 0 unspecified atom stereocenters. The fourth-order valence-electron chi connectivity index (χ4n) is 2.79. The van der Waals surface area contributed by atoms with E-state index in [-0.39, 0.29) is 0 Å². The van der Waals surface area contributed by atoms with Crippen molar-refractivity contribution in [3.63, 3.8) is 0 Å². The number of methoxy groups -OCH3 is 1. The maximum absolute atomic E-state index is 6.25. The quantitative estimate of drug-likeness (QED) is 0.548. The van der Waals surface area contributed by atoms with Gasteiger partial charge in [-0.05, 0) is 24.3 Å². The summed E-state index contributed by atoms with van der Waals surface area (Å²) >= 11 is 12.5. The number of nitrogen functional groups attached to an aromatic ring is 1. The average molecular weight is 400 g/mol. The fraction of sp³-hybridized carbons (Fsp3) is 0.105. The van der Waals surface area contributed by atoms with Crippen LogP contribution in [0.25, 0.3) is 22.4 Å². The third-order valence-corrected chi connectivity index (χ3v) is 4.87. The van der Waals surface area contributed by atoms with Crippen molar-refractivity contribution < 1.29 is 4.74 Å². The highest BCUT2D eigenvalue weighted by molar-refractivity contribution is 6.35. The molecule has 0 radical (unpaired) electrons. The van der Waals surface area contributed by atoms with Crippen LogP contribution in [0.2, 0.25) is 10.0 Å². The number of benzene rings is 2. The second-order valence-corrected chi connectivity index (χ2v) is 6.74. The Balaban J connectivity index is 1.75. The van der Waals surface area contributed by atoms with Crippen LogP contribution in [0.4, 0.5) is 5.82 Å². The molecular weight excluding hydrogens is 385 g/mol. The molecule has 2 N–H and O–H groups in total. The van der Waals surface area contributed by atoms with E-state index in [0.29, 0.717) is 45.0 Å². The smallest absolute Gasteiger partial charge is 0.186 e. The van der Waals surface area contributed by atoms with Gasteiger partial charge in [0.2, 0.25) is 0 Å². The van der Waals surface area contributed by atoms with Crippen molar-refractivity contribution in [3.8, 4) is 17.1 Å². The van der Waals surface area contributed by atoms with Crippen molar-refractivity contribution in [2.24, 2.45) is 0 Å². The van der Waals surface area contributed by atoms with Crippen LogP contribution < -0.4 is 10.5 Å². The third kappa shape index (κ3) is 3.41. The zero-order valence-electron chi connectivity index (χ0n) is 14.4. The molecule has 0 aliphatic heterocycles. The third-order valence-electron chi connectivity index (χ3n) is 4.17. The van der Waals surface area contributed by atoms with Gasteiger partial charge in [-0.1, -0.05) is 41.4 Å². The van der Waals surface area contributed by atoms with Gasteiger partial charge in [-0.15, -0.1) is 0 Å². The Labute approximate surface area is 165 Å². The van der Waals surface area contributed by atoms with Crippen molar-refractivity contribution in [2.75, 3.05) is 12.8 Å². The molecule has 0 aliphatic carbocycles. The lowest BCUT2D eigenvalue weighted by Gasteiger charge is -2.06. The largest absolute Gasteiger partial charge is 0.497 e. The van der Waals surface area contributed by atoms with Crippen molar-refractivity contribution in [2.45, 2.75) is 6.54 Å². The zero-order chi connectivity index (χ0) is 19.0. The van der Waals surface area contributed by atoms with Gasteiger partial charge in [0.25, 0.3) is 0 Å². The van der Waals surface area contributed by atoms with E-state index in [0.717, 1.165) is 11.1 Å². The van der Waals surface area contributed by atoms with Gasteiger partial charge in [-0.2, -0.15) is 5.10 Å². The first-order valence-electron chi connectivity index (χ1n) is 8.13. The lowest BCUT2D eigenvalue weighted by Crippen LogP contribution is -2.01. The van der Waals surface area contributed by atoms with Gasteiger partial charge in [-0.3, -0.25) is 4.68 Å². The number of hydrogen-bond donors (Lipinski definition) is 1. The molecule has 0 saturated carbocycles. The van der Waals surface area contributed by atoms with E-state index in [1.54, 1.807) is 36.2 Å². The number of rotatable bonds is 4. The van der Waals surface area contributed by atoms with Crippen LogP contribution in [0.1, 0.15) is 5.56 Å². The standard InChI is InChI=1S/C19H15Cl2N5O/c1-27-12-5-2-4-11(8-12)18-23-17(22)14-10-26(25-19(14)24-18)9-13-15(20)6-3-7-16(13)21/h2-8,10H,9H2,1H3,(H2,22,23,24,25). The van der Waals surface area contributed by atoms with Gasteiger partial charge in [0.15, 0.2) is 11.5 Å². The lowest BCUT2D eigenvalue weighted by atomic mass is 10.2. The first kappa shape index (κ1) is 17.6. The van der Waals surface area contributed by atoms with Gasteiger partial charge in [0.05, 0.1) is 19.0 Å². The average Bonchev–Trinajstić information content (AvgIpc) is 3.08. The van der Waals surface area contributed by atoms with Crippen LogP contribution in [-0.4, -0.2) is 26.9 Å². The molecule has 4 aromatic rings. The van der Waals surface area contributed by atoms with Crippen LogP contribution in [0.15, 0.2) is 48.7 Å². The van der Waals surface area contributed by atoms with Crippen LogP contribution in [-0.2, 0) is 6.54 Å². The van der Waals surface area contributed by atoms with Crippen LogP contribution in [0, 0.1) is 0 Å². The number of hydrogen-bond acceptors (Lipinski definition) is 5. The normalized spacial score (nSPS) is 11.1. The van der Waals surface area contributed by atoms with E-state index in [9.17, 15) is 0 Å². The number of nitrogens with zero attached hydrogens (tertiary/aromatic N) is 4. The monoisotopic (exact) mass is 399 g/mol. The summed E-state index contributed by atoms with van der Waals surface area (Å²) in [6.07, 6.45) is 1.79. The molecule has 2 aromatic carbocycles. The Bertz CT molecular complexity index is 1120. The molecule has 0 aliphatic rings. The van der Waals surface area contributed by atoms with E-state index in [1.165, 1.54) is 0 Å². The number of aromatic nitrogens is 4. The summed E-state index contributed by atoms with van der Waals surface area (Å²) in [6.45, 7) is 0.406. The summed E-state index contributed by atoms with van der Waals surface area (Å²) < 4.78 is 6.96. The first-order chi connectivity index (χ1) is 13.0. The molecule has 27 heavy (non-hydrogen) atoms. The minimum atomic E-state index is 0.356. The van der Waals surface area contributed by atoms with E-state index < -0.39 is 0 Å². The number of nitrogens with two attached hydrogens (primary N) is 1. The Kier molecular flexibility index (Phi) is 4.59. The van der Waals surface area contributed by atoms with Crippen molar-refractivity contribution >= 4 is 40.1 Å². The van der Waals surface area contributed by atoms with Crippen LogP contribution in [0.3, 0.4) is 0 Å². The molecular formula is C19H15Cl2N5O.